The lowest BCUT2D eigenvalue weighted by Gasteiger charge is -2.28. The molecule has 2 aromatic rings. The number of hydrogen-bond donors (Lipinski definition) is 2. The quantitative estimate of drug-likeness (QED) is 0.905. The molecule has 21 heavy (non-hydrogen) atoms. The number of nitrogens with one attached hydrogen (secondary N) is 1. The Morgan fingerprint density at radius 2 is 2.05 bits per heavy atom. The van der Waals surface area contributed by atoms with E-state index < -0.39 is 0 Å². The number of imidazole rings is 1. The van der Waals surface area contributed by atoms with Gasteiger partial charge in [0, 0.05) is 25.1 Å². The summed E-state index contributed by atoms with van der Waals surface area (Å²) in [6.07, 6.45) is 9.58. The molecular weight excluding hydrogens is 311 g/mol. The molecular formula is C14H20Cl2N4O. The number of nitrogens with zero attached hydrogens (tertiary/aromatic N) is 2. The average molecular weight is 331 g/mol. The fourth-order valence-electron chi connectivity index (χ4n) is 2.80. The number of fused-ring (bicyclic) bond motifs is 1. The van der Waals surface area contributed by atoms with Gasteiger partial charge in [0.2, 0.25) is 0 Å². The van der Waals surface area contributed by atoms with Crippen molar-refractivity contribution >= 4 is 36.4 Å². The van der Waals surface area contributed by atoms with E-state index in [1.165, 1.54) is 0 Å². The van der Waals surface area contributed by atoms with E-state index in [4.69, 9.17) is 5.73 Å². The maximum atomic E-state index is 12.3. The SMILES string of the molecule is Cl.Cl.NCC1(NC(=O)c2ccc3nccn3c2)CCCC1. The molecule has 5 nitrogen and oxygen atoms in total. The summed E-state index contributed by atoms with van der Waals surface area (Å²) >= 11 is 0. The maximum absolute atomic E-state index is 12.3. The molecule has 2 heterocycles. The molecule has 3 N–H and O–H groups in total. The van der Waals surface area contributed by atoms with Gasteiger partial charge in [0.05, 0.1) is 11.1 Å². The molecule has 0 radical (unpaired) electrons. The first kappa shape index (κ1) is 17.8. The number of carbonyl (C=O) groups is 1. The van der Waals surface area contributed by atoms with Crippen LogP contribution >= 0.6 is 24.8 Å². The minimum Gasteiger partial charge on any atom is -0.345 e. The third kappa shape index (κ3) is 3.48. The molecule has 0 atom stereocenters. The first-order chi connectivity index (χ1) is 9.22. The van der Waals surface area contributed by atoms with Gasteiger partial charge in [-0.25, -0.2) is 4.98 Å². The Kier molecular flexibility index (Phi) is 6.01. The topological polar surface area (TPSA) is 72.4 Å². The Morgan fingerprint density at radius 1 is 1.33 bits per heavy atom. The molecule has 2 aromatic heterocycles. The standard InChI is InChI=1S/C14H18N4O.2ClH/c15-10-14(5-1-2-6-14)17-13(19)11-3-4-12-16-7-8-18(12)9-11;;/h3-4,7-9H,1-2,5-6,10,15H2,(H,17,19);2*1H. The van der Waals surface area contributed by atoms with Crippen molar-refractivity contribution in [1.82, 2.24) is 14.7 Å². The highest BCUT2D eigenvalue weighted by molar-refractivity contribution is 5.94. The fourth-order valence-corrected chi connectivity index (χ4v) is 2.80. The predicted octanol–water partition coefficient (Wildman–Crippen LogP) is 2.18. The lowest BCUT2D eigenvalue weighted by atomic mass is 9.97. The second kappa shape index (κ2) is 7.11. The summed E-state index contributed by atoms with van der Waals surface area (Å²) in [6.45, 7) is 0.506. The second-order valence-corrected chi connectivity index (χ2v) is 5.26. The molecule has 1 aliphatic rings. The van der Waals surface area contributed by atoms with Crippen molar-refractivity contribution in [2.24, 2.45) is 5.73 Å². The van der Waals surface area contributed by atoms with Crippen molar-refractivity contribution in [3.8, 4) is 0 Å². The van der Waals surface area contributed by atoms with Crippen molar-refractivity contribution in [3.05, 3.63) is 36.3 Å². The first-order valence-electron chi connectivity index (χ1n) is 6.68. The van der Waals surface area contributed by atoms with E-state index in [1.54, 1.807) is 18.5 Å². The van der Waals surface area contributed by atoms with Gasteiger partial charge in [-0.3, -0.25) is 4.79 Å². The molecule has 3 rings (SSSR count). The lowest BCUT2D eigenvalue weighted by molar-refractivity contribution is 0.0902. The first-order valence-corrected chi connectivity index (χ1v) is 6.68. The van der Waals surface area contributed by atoms with Crippen molar-refractivity contribution in [2.45, 2.75) is 31.2 Å². The van der Waals surface area contributed by atoms with Crippen LogP contribution in [0.3, 0.4) is 0 Å². The summed E-state index contributed by atoms with van der Waals surface area (Å²) in [5, 5.41) is 3.12. The van der Waals surface area contributed by atoms with Crippen LogP contribution < -0.4 is 11.1 Å². The van der Waals surface area contributed by atoms with Crippen LogP contribution in [-0.2, 0) is 0 Å². The van der Waals surface area contributed by atoms with Crippen molar-refractivity contribution in [2.75, 3.05) is 6.54 Å². The average Bonchev–Trinajstić information content (AvgIpc) is 3.06. The van der Waals surface area contributed by atoms with Gasteiger partial charge in [-0.05, 0) is 25.0 Å². The van der Waals surface area contributed by atoms with E-state index >= 15 is 0 Å². The summed E-state index contributed by atoms with van der Waals surface area (Å²) in [5.41, 5.74) is 7.11. The minimum atomic E-state index is -0.207. The minimum absolute atomic E-state index is 0. The molecule has 116 valence electrons. The number of amides is 1. The predicted molar refractivity (Wildman–Crippen MR) is 87.4 cm³/mol. The number of hydrogen-bond acceptors (Lipinski definition) is 3. The summed E-state index contributed by atoms with van der Waals surface area (Å²) in [4.78, 5) is 16.5. The molecule has 0 unspecified atom stereocenters. The van der Waals surface area contributed by atoms with Crippen LogP contribution in [0, 0.1) is 0 Å². The highest BCUT2D eigenvalue weighted by Crippen LogP contribution is 2.28. The summed E-state index contributed by atoms with van der Waals surface area (Å²) in [5.74, 6) is -0.0528. The summed E-state index contributed by atoms with van der Waals surface area (Å²) in [6, 6.07) is 3.65. The maximum Gasteiger partial charge on any atom is 0.253 e. The van der Waals surface area contributed by atoms with Crippen molar-refractivity contribution < 1.29 is 4.79 Å². The van der Waals surface area contributed by atoms with Crippen LogP contribution in [0.5, 0.6) is 0 Å². The van der Waals surface area contributed by atoms with E-state index in [9.17, 15) is 4.79 Å². The van der Waals surface area contributed by atoms with Gasteiger partial charge in [-0.2, -0.15) is 0 Å². The Morgan fingerprint density at radius 3 is 2.71 bits per heavy atom. The van der Waals surface area contributed by atoms with Crippen molar-refractivity contribution in [1.29, 1.82) is 0 Å². The van der Waals surface area contributed by atoms with E-state index in [2.05, 4.69) is 10.3 Å². The zero-order valence-corrected chi connectivity index (χ0v) is 13.3. The lowest BCUT2D eigenvalue weighted by Crippen LogP contribution is -2.51. The van der Waals surface area contributed by atoms with Gasteiger partial charge in [0.25, 0.3) is 5.91 Å². The van der Waals surface area contributed by atoms with Gasteiger partial charge in [-0.1, -0.05) is 12.8 Å². The Labute approximate surface area is 136 Å². The van der Waals surface area contributed by atoms with Crippen molar-refractivity contribution in [3.63, 3.8) is 0 Å². The molecule has 0 bridgehead atoms. The van der Waals surface area contributed by atoms with E-state index in [1.807, 2.05) is 16.7 Å². The van der Waals surface area contributed by atoms with Crippen LogP contribution in [0.1, 0.15) is 36.0 Å². The van der Waals surface area contributed by atoms with E-state index in [-0.39, 0.29) is 36.3 Å². The number of rotatable bonds is 3. The largest absolute Gasteiger partial charge is 0.345 e. The summed E-state index contributed by atoms with van der Waals surface area (Å²) < 4.78 is 1.85. The monoisotopic (exact) mass is 330 g/mol. The number of pyridine rings is 1. The molecule has 1 amide bonds. The fraction of sp³-hybridized carbons (Fsp3) is 0.429. The number of carbonyl (C=O) groups excluding carboxylic acids is 1. The number of aromatic nitrogens is 2. The Bertz CT molecular complexity index is 608. The molecule has 1 fully saturated rings. The third-order valence-electron chi connectivity index (χ3n) is 3.98. The molecule has 1 aliphatic carbocycles. The summed E-state index contributed by atoms with van der Waals surface area (Å²) in [7, 11) is 0. The smallest absolute Gasteiger partial charge is 0.253 e. The van der Waals surface area contributed by atoms with Gasteiger partial charge < -0.3 is 15.5 Å². The number of halogens is 2. The normalized spacial score (nSPS) is 16.0. The van der Waals surface area contributed by atoms with Crippen LogP contribution in [0.15, 0.2) is 30.7 Å². The van der Waals surface area contributed by atoms with E-state index in [0.717, 1.165) is 31.3 Å². The third-order valence-corrected chi connectivity index (χ3v) is 3.98. The highest BCUT2D eigenvalue weighted by atomic mass is 35.5. The highest BCUT2D eigenvalue weighted by Gasteiger charge is 2.34. The molecule has 1 saturated carbocycles. The van der Waals surface area contributed by atoms with Crippen LogP contribution in [0.25, 0.3) is 5.65 Å². The zero-order chi connectivity index (χ0) is 13.3. The van der Waals surface area contributed by atoms with E-state index in [0.29, 0.717) is 12.1 Å². The second-order valence-electron chi connectivity index (χ2n) is 5.26. The molecule has 0 aromatic carbocycles. The van der Waals surface area contributed by atoms with Gasteiger partial charge in [0.15, 0.2) is 0 Å². The molecule has 0 aliphatic heterocycles. The Hall–Kier alpha value is -1.30. The van der Waals surface area contributed by atoms with Gasteiger partial charge in [-0.15, -0.1) is 24.8 Å². The zero-order valence-electron chi connectivity index (χ0n) is 11.6. The molecule has 0 saturated heterocycles. The van der Waals surface area contributed by atoms with Crippen LogP contribution in [0.2, 0.25) is 0 Å². The van der Waals surface area contributed by atoms with Gasteiger partial charge >= 0.3 is 0 Å². The molecule has 0 spiro atoms. The van der Waals surface area contributed by atoms with Crippen LogP contribution in [-0.4, -0.2) is 27.4 Å². The Balaban J connectivity index is 0.00000110. The van der Waals surface area contributed by atoms with Gasteiger partial charge in [0.1, 0.15) is 5.65 Å². The molecule has 7 heteroatoms. The number of nitrogens with two attached hydrogens (primary N) is 1. The van der Waals surface area contributed by atoms with Crippen LogP contribution in [0.4, 0.5) is 0 Å².